The third-order valence-electron chi connectivity index (χ3n) is 4.60. The number of furan rings is 1. The number of ether oxygens (including phenoxy) is 2. The number of benzene rings is 2. The van der Waals surface area contributed by atoms with Crippen molar-refractivity contribution in [3.63, 3.8) is 0 Å². The van der Waals surface area contributed by atoms with Crippen molar-refractivity contribution in [3.8, 4) is 11.5 Å². The predicted octanol–water partition coefficient (Wildman–Crippen LogP) is 4.31. The monoisotopic (exact) mass is 487 g/mol. The first-order valence-electron chi connectivity index (χ1n) is 9.50. The molecule has 4 aromatic rings. The number of rotatable bonds is 8. The molecular weight excluding hydrogens is 466 g/mol. The molecule has 0 amide bonds. The molecule has 9 heteroatoms. The van der Waals surface area contributed by atoms with Crippen LogP contribution in [-0.4, -0.2) is 22.7 Å². The van der Waals surface area contributed by atoms with Gasteiger partial charge in [0.25, 0.3) is 0 Å². The first kappa shape index (κ1) is 22.4. The first-order valence-corrected chi connectivity index (χ1v) is 9.50. The molecule has 0 atom stereocenters. The van der Waals surface area contributed by atoms with Crippen molar-refractivity contribution in [3.05, 3.63) is 71.4 Å². The lowest BCUT2D eigenvalue weighted by molar-refractivity contribution is 0.0938. The van der Waals surface area contributed by atoms with Crippen molar-refractivity contribution in [2.75, 3.05) is 7.11 Å². The van der Waals surface area contributed by atoms with Crippen molar-refractivity contribution < 1.29 is 23.1 Å². The van der Waals surface area contributed by atoms with E-state index in [9.17, 15) is 4.79 Å². The van der Waals surface area contributed by atoms with Crippen LogP contribution < -0.4 is 15.2 Å². The summed E-state index contributed by atoms with van der Waals surface area (Å²) in [7, 11) is 1.56. The zero-order chi connectivity index (χ0) is 21.1. The van der Waals surface area contributed by atoms with Gasteiger partial charge in [-0.15, -0.1) is 22.1 Å². The average Bonchev–Trinajstić information content (AvgIpc) is 3.36. The molecule has 31 heavy (non-hydrogen) atoms. The third kappa shape index (κ3) is 4.88. The summed E-state index contributed by atoms with van der Waals surface area (Å²) in [4.78, 5) is 12.7. The van der Waals surface area contributed by atoms with Gasteiger partial charge in [0.05, 0.1) is 12.5 Å². The van der Waals surface area contributed by atoms with Crippen LogP contribution in [0.4, 0.5) is 0 Å². The molecule has 4 rings (SSSR count). The van der Waals surface area contributed by atoms with E-state index in [1.54, 1.807) is 25.3 Å². The standard InChI is InChI=1S/C22H21N3O5.BrH/c1-3-21-24-25(22(23)30-21)12-17(26)20-11-16-18(9-15(27-2)10-19(16)29-20)28-13-14-7-5-4-6-8-14;/h4-11,23H,3,12-13H2,1-2H3;1H. The maximum atomic E-state index is 12.7. The normalized spacial score (nSPS) is 10.6. The van der Waals surface area contributed by atoms with E-state index in [4.69, 9.17) is 23.7 Å². The first-order chi connectivity index (χ1) is 14.6. The summed E-state index contributed by atoms with van der Waals surface area (Å²) in [6.45, 7) is 2.08. The molecule has 1 N–H and O–H groups in total. The van der Waals surface area contributed by atoms with Crippen molar-refractivity contribution >= 4 is 33.7 Å². The van der Waals surface area contributed by atoms with Gasteiger partial charge in [-0.2, -0.15) is 0 Å². The van der Waals surface area contributed by atoms with Crippen LogP contribution in [0.15, 0.2) is 57.4 Å². The number of aryl methyl sites for hydroxylation is 1. The van der Waals surface area contributed by atoms with Gasteiger partial charge < -0.3 is 18.3 Å². The fourth-order valence-electron chi connectivity index (χ4n) is 3.02. The van der Waals surface area contributed by atoms with E-state index in [0.29, 0.717) is 41.4 Å². The van der Waals surface area contributed by atoms with Gasteiger partial charge in [-0.05, 0) is 11.6 Å². The lowest BCUT2D eigenvalue weighted by Crippen LogP contribution is -2.21. The van der Waals surface area contributed by atoms with E-state index in [1.807, 2.05) is 37.3 Å². The molecule has 8 nitrogen and oxygen atoms in total. The number of nitrogens with zero attached hydrogens (tertiary/aromatic N) is 2. The number of hydrogen-bond donors (Lipinski definition) is 1. The van der Waals surface area contributed by atoms with Gasteiger partial charge in [-0.25, -0.2) is 10.1 Å². The van der Waals surface area contributed by atoms with Gasteiger partial charge >= 0.3 is 5.68 Å². The van der Waals surface area contributed by atoms with E-state index in [1.165, 1.54) is 4.68 Å². The van der Waals surface area contributed by atoms with Crippen LogP contribution in [0.2, 0.25) is 0 Å². The highest BCUT2D eigenvalue weighted by molar-refractivity contribution is 8.93. The molecule has 0 aliphatic heterocycles. The van der Waals surface area contributed by atoms with Crippen molar-refractivity contribution in [2.24, 2.45) is 0 Å². The second-order valence-corrected chi connectivity index (χ2v) is 6.66. The third-order valence-corrected chi connectivity index (χ3v) is 4.60. The Morgan fingerprint density at radius 2 is 1.94 bits per heavy atom. The summed E-state index contributed by atoms with van der Waals surface area (Å²) in [5.74, 6) is 1.34. The van der Waals surface area contributed by atoms with E-state index in [0.717, 1.165) is 5.56 Å². The molecular formula is C22H22BrN3O5. The van der Waals surface area contributed by atoms with E-state index in [2.05, 4.69) is 5.10 Å². The Bertz CT molecular complexity index is 1240. The highest BCUT2D eigenvalue weighted by Crippen LogP contribution is 2.34. The lowest BCUT2D eigenvalue weighted by atomic mass is 10.2. The number of carbonyl (C=O) groups excluding carboxylic acids is 1. The van der Waals surface area contributed by atoms with Gasteiger partial charge in [0.15, 0.2) is 5.76 Å². The minimum atomic E-state index is -0.325. The van der Waals surface area contributed by atoms with Gasteiger partial charge in [-0.3, -0.25) is 4.79 Å². The quantitative estimate of drug-likeness (QED) is 0.371. The van der Waals surface area contributed by atoms with Crippen LogP contribution >= 0.6 is 17.0 Å². The number of methoxy groups -OCH3 is 1. The van der Waals surface area contributed by atoms with Gasteiger partial charge in [0.1, 0.15) is 30.2 Å². The van der Waals surface area contributed by atoms with Crippen LogP contribution in [0.3, 0.4) is 0 Å². The smallest absolute Gasteiger partial charge is 0.312 e. The van der Waals surface area contributed by atoms with Gasteiger partial charge in [-0.1, -0.05) is 37.3 Å². The molecule has 0 spiro atoms. The molecule has 0 unspecified atom stereocenters. The van der Waals surface area contributed by atoms with Gasteiger partial charge in [0.2, 0.25) is 11.7 Å². The molecule has 0 radical (unpaired) electrons. The van der Waals surface area contributed by atoms with E-state index >= 15 is 0 Å². The second kappa shape index (κ2) is 9.65. The van der Waals surface area contributed by atoms with E-state index < -0.39 is 0 Å². The molecule has 0 aliphatic carbocycles. The van der Waals surface area contributed by atoms with Crippen LogP contribution in [0.5, 0.6) is 11.5 Å². The highest BCUT2D eigenvalue weighted by Gasteiger charge is 2.18. The van der Waals surface area contributed by atoms with Crippen LogP contribution in [0.1, 0.15) is 28.9 Å². The lowest BCUT2D eigenvalue weighted by Gasteiger charge is -2.09. The molecule has 0 fully saturated rings. The van der Waals surface area contributed by atoms with Crippen molar-refractivity contribution in [1.29, 1.82) is 5.41 Å². The largest absolute Gasteiger partial charge is 0.496 e. The summed E-state index contributed by atoms with van der Waals surface area (Å²) >= 11 is 0. The topological polar surface area (TPSA) is 103 Å². The zero-order valence-corrected chi connectivity index (χ0v) is 18.8. The molecule has 0 aliphatic rings. The van der Waals surface area contributed by atoms with E-state index in [-0.39, 0.29) is 40.8 Å². The minimum Gasteiger partial charge on any atom is -0.496 e. The number of halogens is 1. The average molecular weight is 488 g/mol. The summed E-state index contributed by atoms with van der Waals surface area (Å²) in [6, 6.07) is 14.9. The number of ketones is 1. The molecule has 2 heterocycles. The Balaban J connectivity index is 0.00000272. The zero-order valence-electron chi connectivity index (χ0n) is 17.1. The number of Topliss-reactive ketones (excluding diaryl/α,β-unsaturated/α-hetero) is 1. The maximum Gasteiger partial charge on any atom is 0.312 e. The number of aromatic nitrogens is 2. The predicted molar refractivity (Wildman–Crippen MR) is 118 cm³/mol. The molecule has 0 saturated heterocycles. The minimum absolute atomic E-state index is 0. The van der Waals surface area contributed by atoms with Gasteiger partial charge in [0, 0.05) is 18.6 Å². The number of carbonyl (C=O) groups is 1. The SMILES string of the molecule is Br.CCc1nn(CC(=O)c2cc3c(OCc4ccccc4)cc(OC)cc3o2)c(=N)o1. The number of hydrogen-bond acceptors (Lipinski definition) is 7. The molecule has 162 valence electrons. The summed E-state index contributed by atoms with van der Waals surface area (Å²) in [5.41, 5.74) is 1.32. The fourth-order valence-corrected chi connectivity index (χ4v) is 3.02. The molecule has 2 aromatic carbocycles. The Labute approximate surface area is 188 Å². The second-order valence-electron chi connectivity index (χ2n) is 6.66. The van der Waals surface area contributed by atoms with Crippen molar-refractivity contribution in [2.45, 2.75) is 26.5 Å². The number of fused-ring (bicyclic) bond motifs is 1. The maximum absolute atomic E-state index is 12.7. The van der Waals surface area contributed by atoms with Crippen LogP contribution in [-0.2, 0) is 19.6 Å². The van der Waals surface area contributed by atoms with Crippen molar-refractivity contribution in [1.82, 2.24) is 9.78 Å². The molecule has 0 saturated carbocycles. The summed E-state index contributed by atoms with van der Waals surface area (Å²) in [5, 5.41) is 12.6. The Morgan fingerprint density at radius 3 is 2.61 bits per heavy atom. The van der Waals surface area contributed by atoms with Crippen LogP contribution in [0.25, 0.3) is 11.0 Å². The summed E-state index contributed by atoms with van der Waals surface area (Å²) < 4.78 is 23.5. The Morgan fingerprint density at radius 1 is 1.16 bits per heavy atom. The summed E-state index contributed by atoms with van der Waals surface area (Å²) in [6.07, 6.45) is 0.541. The highest BCUT2D eigenvalue weighted by atomic mass is 79.9. The Hall–Kier alpha value is -3.33. The van der Waals surface area contributed by atoms with Crippen LogP contribution in [0, 0.1) is 5.41 Å². The fraction of sp³-hybridized carbons (Fsp3) is 0.227. The number of nitrogens with one attached hydrogen (secondary N) is 1. The molecule has 2 aromatic heterocycles. The Kier molecular flexibility index (Phi) is 6.96. The molecule has 0 bridgehead atoms.